The molecule has 0 fully saturated rings. The Morgan fingerprint density at radius 3 is 2.63 bits per heavy atom. The molecule has 1 amide bonds. The lowest BCUT2D eigenvalue weighted by atomic mass is 10.1. The van der Waals surface area contributed by atoms with Crippen molar-refractivity contribution in [3.05, 3.63) is 64.7 Å². The van der Waals surface area contributed by atoms with Gasteiger partial charge in [0.05, 0.1) is 12.2 Å². The van der Waals surface area contributed by atoms with Crippen LogP contribution < -0.4 is 5.32 Å². The first-order chi connectivity index (χ1) is 13.0. The first-order valence-corrected chi connectivity index (χ1v) is 9.81. The summed E-state index contributed by atoms with van der Waals surface area (Å²) in [4.78, 5) is 25.3. The number of hydrogen-bond donors (Lipinski definition) is 1. The van der Waals surface area contributed by atoms with Crippen molar-refractivity contribution in [1.29, 1.82) is 0 Å². The van der Waals surface area contributed by atoms with Crippen LogP contribution in [-0.2, 0) is 20.0 Å². The predicted molar refractivity (Wildman–Crippen MR) is 107 cm³/mol. The Labute approximate surface area is 168 Å². The Kier molecular flexibility index (Phi) is 8.64. The van der Waals surface area contributed by atoms with Crippen LogP contribution in [0.4, 0.5) is 0 Å². The molecule has 0 aliphatic heterocycles. The second-order valence-electron chi connectivity index (χ2n) is 5.77. The average molecular weight is 408 g/mol. The minimum absolute atomic E-state index is 0.352. The smallest absolute Gasteiger partial charge is 0.338 e. The second-order valence-corrected chi connectivity index (χ2v) is 7.26. The van der Waals surface area contributed by atoms with Crippen LogP contribution in [0.5, 0.6) is 0 Å². The van der Waals surface area contributed by atoms with E-state index >= 15 is 0 Å². The van der Waals surface area contributed by atoms with Gasteiger partial charge >= 0.3 is 5.97 Å². The maximum absolute atomic E-state index is 12.3. The van der Waals surface area contributed by atoms with E-state index in [-0.39, 0.29) is 5.91 Å². The fraction of sp³-hybridized carbons (Fsp3) is 0.300. The molecule has 0 saturated heterocycles. The Morgan fingerprint density at radius 1 is 1.19 bits per heavy atom. The van der Waals surface area contributed by atoms with Gasteiger partial charge in [-0.15, -0.1) is 11.8 Å². The molecule has 0 aliphatic carbocycles. The molecule has 0 unspecified atom stereocenters. The van der Waals surface area contributed by atoms with Gasteiger partial charge in [-0.05, 0) is 48.9 Å². The van der Waals surface area contributed by atoms with E-state index in [1.165, 1.54) is 0 Å². The van der Waals surface area contributed by atoms with E-state index in [1.807, 2.05) is 30.3 Å². The van der Waals surface area contributed by atoms with Gasteiger partial charge in [-0.2, -0.15) is 0 Å². The predicted octanol–water partition coefficient (Wildman–Crippen LogP) is 3.94. The number of nitrogens with one attached hydrogen (secondary N) is 1. The number of benzene rings is 2. The van der Waals surface area contributed by atoms with Gasteiger partial charge in [-0.3, -0.25) is 4.79 Å². The molecule has 27 heavy (non-hydrogen) atoms. The van der Waals surface area contributed by atoms with Crippen LogP contribution in [0.3, 0.4) is 0 Å². The zero-order chi connectivity index (χ0) is 19.6. The number of esters is 1. The molecule has 0 aliphatic rings. The summed E-state index contributed by atoms with van der Waals surface area (Å²) in [5.41, 5.74) is 1.40. The van der Waals surface area contributed by atoms with Crippen molar-refractivity contribution in [3.8, 4) is 0 Å². The SMILES string of the molecule is COCCNC(=O)[C@@H](C)OC(=O)c1cccc(CSc2ccc(Cl)cc2)c1. The number of thioether (sulfide) groups is 1. The third-order valence-corrected chi connectivity index (χ3v) is 4.98. The van der Waals surface area contributed by atoms with Gasteiger partial charge in [0.2, 0.25) is 0 Å². The lowest BCUT2D eigenvalue weighted by molar-refractivity contribution is -0.129. The normalized spacial score (nSPS) is 11.7. The lowest BCUT2D eigenvalue weighted by Crippen LogP contribution is -2.37. The molecule has 0 bridgehead atoms. The van der Waals surface area contributed by atoms with Gasteiger partial charge in [0.25, 0.3) is 5.91 Å². The number of amides is 1. The van der Waals surface area contributed by atoms with Gasteiger partial charge in [0, 0.05) is 29.3 Å². The average Bonchev–Trinajstić information content (AvgIpc) is 2.67. The van der Waals surface area contributed by atoms with Crippen molar-refractivity contribution in [1.82, 2.24) is 5.32 Å². The number of methoxy groups -OCH3 is 1. The number of carbonyl (C=O) groups is 2. The fourth-order valence-electron chi connectivity index (χ4n) is 2.19. The highest BCUT2D eigenvalue weighted by Crippen LogP contribution is 2.24. The van der Waals surface area contributed by atoms with E-state index in [0.717, 1.165) is 10.5 Å². The van der Waals surface area contributed by atoms with Crippen molar-refractivity contribution in [2.45, 2.75) is 23.7 Å². The topological polar surface area (TPSA) is 64.6 Å². The molecule has 2 aromatic carbocycles. The number of hydrogen-bond acceptors (Lipinski definition) is 5. The molecular formula is C20H22ClNO4S. The summed E-state index contributed by atoms with van der Waals surface area (Å²) in [6, 6.07) is 14.8. The fourth-order valence-corrected chi connectivity index (χ4v) is 3.16. The third-order valence-electron chi connectivity index (χ3n) is 3.64. The molecule has 0 heterocycles. The van der Waals surface area contributed by atoms with Gasteiger partial charge in [0.1, 0.15) is 0 Å². The Hall–Kier alpha value is -2.02. The van der Waals surface area contributed by atoms with Crippen molar-refractivity contribution >= 4 is 35.2 Å². The minimum Gasteiger partial charge on any atom is -0.449 e. The Balaban J connectivity index is 1.90. The summed E-state index contributed by atoms with van der Waals surface area (Å²) in [6.07, 6.45) is -0.874. The zero-order valence-electron chi connectivity index (χ0n) is 15.2. The van der Waals surface area contributed by atoms with E-state index < -0.39 is 12.1 Å². The van der Waals surface area contributed by atoms with Crippen molar-refractivity contribution < 1.29 is 19.1 Å². The molecule has 0 radical (unpaired) electrons. The Morgan fingerprint density at radius 2 is 1.93 bits per heavy atom. The van der Waals surface area contributed by atoms with E-state index in [4.69, 9.17) is 21.1 Å². The van der Waals surface area contributed by atoms with Gasteiger partial charge in [-0.1, -0.05) is 23.7 Å². The van der Waals surface area contributed by atoms with Crippen molar-refractivity contribution in [3.63, 3.8) is 0 Å². The summed E-state index contributed by atoms with van der Waals surface area (Å²) in [6.45, 7) is 2.31. The van der Waals surface area contributed by atoms with E-state index in [9.17, 15) is 9.59 Å². The van der Waals surface area contributed by atoms with Gasteiger partial charge < -0.3 is 14.8 Å². The van der Waals surface area contributed by atoms with Crippen LogP contribution >= 0.6 is 23.4 Å². The van der Waals surface area contributed by atoms with Crippen LogP contribution in [0, 0.1) is 0 Å². The van der Waals surface area contributed by atoms with E-state index in [0.29, 0.717) is 29.5 Å². The quantitative estimate of drug-likeness (QED) is 0.387. The number of ether oxygens (including phenoxy) is 2. The second kappa shape index (κ2) is 11.0. The first kappa shape index (κ1) is 21.3. The standard InChI is InChI=1S/C20H22ClNO4S/c1-14(19(23)22-10-11-25-2)26-20(24)16-5-3-4-15(12-16)13-27-18-8-6-17(21)7-9-18/h3-9,12,14H,10-11,13H2,1-2H3,(H,22,23)/t14-/m1/s1. The van der Waals surface area contributed by atoms with Crippen molar-refractivity contribution in [2.24, 2.45) is 0 Å². The van der Waals surface area contributed by atoms with Gasteiger partial charge in [-0.25, -0.2) is 4.79 Å². The van der Waals surface area contributed by atoms with Crippen molar-refractivity contribution in [2.75, 3.05) is 20.3 Å². The number of rotatable bonds is 9. The highest BCUT2D eigenvalue weighted by Gasteiger charge is 2.18. The first-order valence-electron chi connectivity index (χ1n) is 8.44. The van der Waals surface area contributed by atoms with Crippen LogP contribution in [0.1, 0.15) is 22.8 Å². The maximum Gasteiger partial charge on any atom is 0.338 e. The molecule has 2 rings (SSSR count). The van der Waals surface area contributed by atoms with Crippen LogP contribution in [0.25, 0.3) is 0 Å². The monoisotopic (exact) mass is 407 g/mol. The molecule has 0 aromatic heterocycles. The lowest BCUT2D eigenvalue weighted by Gasteiger charge is -2.13. The molecule has 0 saturated carbocycles. The van der Waals surface area contributed by atoms with E-state index in [2.05, 4.69) is 5.32 Å². The zero-order valence-corrected chi connectivity index (χ0v) is 16.8. The number of carbonyl (C=O) groups excluding carboxylic acids is 2. The molecule has 5 nitrogen and oxygen atoms in total. The van der Waals surface area contributed by atoms with Crippen LogP contribution in [-0.4, -0.2) is 38.2 Å². The summed E-state index contributed by atoms with van der Waals surface area (Å²) in [7, 11) is 1.55. The third kappa shape index (κ3) is 7.25. The molecule has 1 N–H and O–H groups in total. The van der Waals surface area contributed by atoms with E-state index in [1.54, 1.807) is 44.0 Å². The highest BCUT2D eigenvalue weighted by molar-refractivity contribution is 7.98. The minimum atomic E-state index is -0.874. The maximum atomic E-state index is 12.3. The Bertz CT molecular complexity index is 767. The summed E-state index contributed by atoms with van der Waals surface area (Å²) < 4.78 is 10.1. The molecular weight excluding hydrogens is 386 g/mol. The number of halogens is 1. The van der Waals surface area contributed by atoms with Gasteiger partial charge in [0.15, 0.2) is 6.10 Å². The molecule has 2 aromatic rings. The summed E-state index contributed by atoms with van der Waals surface area (Å²) in [5, 5.41) is 3.34. The highest BCUT2D eigenvalue weighted by atomic mass is 35.5. The van der Waals surface area contributed by atoms with Crippen LogP contribution in [0.15, 0.2) is 53.4 Å². The molecule has 144 valence electrons. The largest absolute Gasteiger partial charge is 0.449 e. The van der Waals surface area contributed by atoms with Crippen LogP contribution in [0.2, 0.25) is 5.02 Å². The summed E-state index contributed by atoms with van der Waals surface area (Å²) in [5.74, 6) is -0.173. The summed E-state index contributed by atoms with van der Waals surface area (Å²) >= 11 is 7.53. The molecule has 0 spiro atoms. The molecule has 1 atom stereocenters. The molecule has 7 heteroatoms.